The normalized spacial score (nSPS) is 19.5. The fourth-order valence-electron chi connectivity index (χ4n) is 3.99. The van der Waals surface area contributed by atoms with Crippen LogP contribution < -0.4 is 5.32 Å². The lowest BCUT2D eigenvalue weighted by Crippen LogP contribution is -2.36. The van der Waals surface area contributed by atoms with Crippen molar-refractivity contribution in [3.8, 4) is 0 Å². The molecule has 2 aliphatic rings. The van der Waals surface area contributed by atoms with Crippen LogP contribution in [0.4, 0.5) is 0 Å². The van der Waals surface area contributed by atoms with E-state index in [1.807, 2.05) is 11.8 Å². The van der Waals surface area contributed by atoms with E-state index in [-0.39, 0.29) is 10.8 Å². The Labute approximate surface area is 173 Å². The summed E-state index contributed by atoms with van der Waals surface area (Å²) in [7, 11) is -3.54. The Balaban J connectivity index is 1.59. The first-order chi connectivity index (χ1) is 13.5. The maximum atomic E-state index is 13.0. The first-order valence-electron chi connectivity index (χ1n) is 10.5. The van der Waals surface area contributed by atoms with Crippen molar-refractivity contribution in [1.82, 2.24) is 9.62 Å². The van der Waals surface area contributed by atoms with Gasteiger partial charge in [-0.3, -0.25) is 4.79 Å². The lowest BCUT2D eigenvalue weighted by atomic mass is 10.0. The third-order valence-corrected chi connectivity index (χ3v) is 9.10. The van der Waals surface area contributed by atoms with Crippen LogP contribution in [0.25, 0.3) is 0 Å². The van der Waals surface area contributed by atoms with Gasteiger partial charge in [0.15, 0.2) is 0 Å². The molecule has 156 valence electrons. The molecule has 5 nitrogen and oxygen atoms in total. The number of hydrogen-bond acceptors (Lipinski definition) is 4. The number of amides is 1. The van der Waals surface area contributed by atoms with Gasteiger partial charge in [0.1, 0.15) is 0 Å². The highest BCUT2D eigenvalue weighted by Gasteiger charge is 2.28. The van der Waals surface area contributed by atoms with Gasteiger partial charge in [-0.05, 0) is 50.3 Å². The number of carbonyl (C=O) groups excluding carboxylic acids is 1. The van der Waals surface area contributed by atoms with Crippen molar-refractivity contribution in [3.05, 3.63) is 29.3 Å². The van der Waals surface area contributed by atoms with Crippen molar-refractivity contribution < 1.29 is 13.2 Å². The SMILES string of the molecule is Cc1ccc(C(=O)NCCSC2CCCCC2)cc1S(=O)(=O)N1CCCCC1. The van der Waals surface area contributed by atoms with E-state index in [1.54, 1.807) is 29.4 Å². The molecule has 0 radical (unpaired) electrons. The summed E-state index contributed by atoms with van der Waals surface area (Å²) >= 11 is 1.95. The van der Waals surface area contributed by atoms with Gasteiger partial charge in [0.25, 0.3) is 5.91 Å². The Hall–Kier alpha value is -1.05. The van der Waals surface area contributed by atoms with Gasteiger partial charge in [-0.15, -0.1) is 0 Å². The number of nitrogens with zero attached hydrogens (tertiary/aromatic N) is 1. The molecule has 0 atom stereocenters. The van der Waals surface area contributed by atoms with Crippen LogP contribution in [0.5, 0.6) is 0 Å². The Morgan fingerprint density at radius 3 is 2.50 bits per heavy atom. The number of hydrogen-bond donors (Lipinski definition) is 1. The van der Waals surface area contributed by atoms with E-state index in [1.165, 1.54) is 32.1 Å². The number of piperidine rings is 1. The van der Waals surface area contributed by atoms with Crippen molar-refractivity contribution in [3.63, 3.8) is 0 Å². The van der Waals surface area contributed by atoms with E-state index in [0.717, 1.165) is 30.3 Å². The molecule has 0 unspecified atom stereocenters. The Morgan fingerprint density at radius 2 is 1.79 bits per heavy atom. The second-order valence-corrected chi connectivity index (χ2v) is 11.1. The molecule has 3 rings (SSSR count). The van der Waals surface area contributed by atoms with Crippen molar-refractivity contribution in [1.29, 1.82) is 0 Å². The smallest absolute Gasteiger partial charge is 0.251 e. The first-order valence-corrected chi connectivity index (χ1v) is 13.0. The highest BCUT2D eigenvalue weighted by Crippen LogP contribution is 2.28. The fourth-order valence-corrected chi connectivity index (χ4v) is 6.98. The van der Waals surface area contributed by atoms with Gasteiger partial charge >= 0.3 is 0 Å². The van der Waals surface area contributed by atoms with E-state index in [2.05, 4.69) is 5.32 Å². The number of nitrogens with one attached hydrogen (secondary N) is 1. The fraction of sp³-hybridized carbons (Fsp3) is 0.667. The molecule has 1 aliphatic heterocycles. The molecule has 1 saturated heterocycles. The average Bonchev–Trinajstić information content (AvgIpc) is 2.72. The van der Waals surface area contributed by atoms with Gasteiger partial charge < -0.3 is 5.32 Å². The third-order valence-electron chi connectivity index (χ3n) is 5.68. The molecule has 0 bridgehead atoms. The van der Waals surface area contributed by atoms with Gasteiger partial charge in [0.05, 0.1) is 4.90 Å². The number of rotatable bonds is 7. The molecular formula is C21H32N2O3S2. The van der Waals surface area contributed by atoms with E-state index < -0.39 is 10.0 Å². The highest BCUT2D eigenvalue weighted by atomic mass is 32.2. The second kappa shape index (κ2) is 10.1. The van der Waals surface area contributed by atoms with E-state index in [9.17, 15) is 13.2 Å². The Morgan fingerprint density at radius 1 is 1.11 bits per heavy atom. The van der Waals surface area contributed by atoms with Gasteiger partial charge in [0.2, 0.25) is 10.0 Å². The molecular weight excluding hydrogens is 392 g/mol. The average molecular weight is 425 g/mol. The van der Waals surface area contributed by atoms with Crippen LogP contribution in [0.2, 0.25) is 0 Å². The van der Waals surface area contributed by atoms with Crippen LogP contribution in [0.1, 0.15) is 67.3 Å². The molecule has 1 aliphatic carbocycles. The topological polar surface area (TPSA) is 66.5 Å². The molecule has 1 N–H and O–H groups in total. The number of aryl methyl sites for hydroxylation is 1. The van der Waals surface area contributed by atoms with Crippen LogP contribution in [-0.4, -0.2) is 49.3 Å². The summed E-state index contributed by atoms with van der Waals surface area (Å²) < 4.78 is 27.6. The monoisotopic (exact) mass is 424 g/mol. The molecule has 2 fully saturated rings. The van der Waals surface area contributed by atoms with E-state index >= 15 is 0 Å². The van der Waals surface area contributed by atoms with Crippen LogP contribution in [0, 0.1) is 6.92 Å². The van der Waals surface area contributed by atoms with Crippen LogP contribution >= 0.6 is 11.8 Å². The maximum Gasteiger partial charge on any atom is 0.251 e. The minimum Gasteiger partial charge on any atom is -0.351 e. The molecule has 7 heteroatoms. The summed E-state index contributed by atoms with van der Waals surface area (Å²) in [5.74, 6) is 0.709. The molecule has 1 heterocycles. The molecule has 1 amide bonds. The minimum absolute atomic E-state index is 0.195. The minimum atomic E-state index is -3.54. The second-order valence-electron chi connectivity index (χ2n) is 7.83. The summed E-state index contributed by atoms with van der Waals surface area (Å²) in [5.41, 5.74) is 1.11. The van der Waals surface area contributed by atoms with E-state index in [4.69, 9.17) is 0 Å². The van der Waals surface area contributed by atoms with Crippen LogP contribution in [0.15, 0.2) is 23.1 Å². The van der Waals surface area contributed by atoms with Crippen molar-refractivity contribution in [2.45, 2.75) is 68.4 Å². The molecule has 1 aromatic rings. The standard InChI is InChI=1S/C21H32N2O3S2/c1-17-10-11-18(16-20(17)28(25,26)23-13-6-3-7-14-23)21(24)22-12-15-27-19-8-4-2-5-9-19/h10-11,16,19H,2-9,12-15H2,1H3,(H,22,24). The predicted molar refractivity (Wildman–Crippen MR) is 115 cm³/mol. The molecule has 0 spiro atoms. The van der Waals surface area contributed by atoms with E-state index in [0.29, 0.717) is 30.8 Å². The zero-order valence-electron chi connectivity index (χ0n) is 16.8. The molecule has 1 saturated carbocycles. The first kappa shape index (κ1) is 21.7. The van der Waals surface area contributed by atoms with Gasteiger partial charge in [0, 0.05) is 36.2 Å². The van der Waals surface area contributed by atoms with Crippen LogP contribution in [0.3, 0.4) is 0 Å². The summed E-state index contributed by atoms with van der Waals surface area (Å²) in [6.45, 7) is 3.54. The Kier molecular flexibility index (Phi) is 7.83. The van der Waals surface area contributed by atoms with Crippen molar-refractivity contribution in [2.75, 3.05) is 25.4 Å². The lowest BCUT2D eigenvalue weighted by Gasteiger charge is -2.26. The van der Waals surface area contributed by atoms with Crippen molar-refractivity contribution in [2.24, 2.45) is 0 Å². The summed E-state index contributed by atoms with van der Waals surface area (Å²) in [6.07, 6.45) is 9.44. The maximum absolute atomic E-state index is 13.0. The summed E-state index contributed by atoms with van der Waals surface area (Å²) in [5, 5.41) is 3.68. The summed E-state index contributed by atoms with van der Waals surface area (Å²) in [4.78, 5) is 12.8. The van der Waals surface area contributed by atoms with Gasteiger partial charge in [-0.1, -0.05) is 31.7 Å². The van der Waals surface area contributed by atoms with Crippen molar-refractivity contribution >= 4 is 27.7 Å². The lowest BCUT2D eigenvalue weighted by molar-refractivity contribution is 0.0956. The zero-order chi connectivity index (χ0) is 20.0. The number of benzene rings is 1. The number of carbonyl (C=O) groups is 1. The molecule has 0 aromatic heterocycles. The van der Waals surface area contributed by atoms with Gasteiger partial charge in [-0.2, -0.15) is 16.1 Å². The Bertz CT molecular complexity index is 768. The number of sulfonamides is 1. The van der Waals surface area contributed by atoms with Gasteiger partial charge in [-0.25, -0.2) is 8.42 Å². The number of thioether (sulfide) groups is 1. The third kappa shape index (κ3) is 5.51. The zero-order valence-corrected chi connectivity index (χ0v) is 18.4. The molecule has 1 aromatic carbocycles. The predicted octanol–water partition coefficient (Wildman–Crippen LogP) is 3.97. The summed E-state index contributed by atoms with van der Waals surface area (Å²) in [6, 6.07) is 5.00. The largest absolute Gasteiger partial charge is 0.351 e. The molecule has 28 heavy (non-hydrogen) atoms. The van der Waals surface area contributed by atoms with Crippen LogP contribution in [-0.2, 0) is 10.0 Å². The highest BCUT2D eigenvalue weighted by molar-refractivity contribution is 7.99. The quantitative estimate of drug-likeness (QED) is 0.673.